The maximum atomic E-state index is 9.30. The molecule has 2 heterocycles. The lowest BCUT2D eigenvalue weighted by Gasteiger charge is -2.11. The molecule has 1 unspecified atom stereocenters. The number of hydrogen-bond donors (Lipinski definition) is 1. The first-order chi connectivity index (χ1) is 10.2. The number of nitriles is 1. The first-order valence-corrected chi connectivity index (χ1v) is 7.02. The number of rotatable bonds is 3. The van der Waals surface area contributed by atoms with Gasteiger partial charge in [-0.2, -0.15) is 10.4 Å². The molecule has 0 radical (unpaired) electrons. The van der Waals surface area contributed by atoms with Crippen LogP contribution < -0.4 is 0 Å². The molecular formula is C17H16N4. The standard InChI is InChI=1S/C17H16N4/c1-3-12(9-18)13-6-11(2)7-14(8-13)15-4-5-19-17-16(15)10-20-21-17/h4-8,10,12H,3H2,1-2H3,(H,19,20,21). The largest absolute Gasteiger partial charge is 0.261 e. The molecule has 21 heavy (non-hydrogen) atoms. The van der Waals surface area contributed by atoms with E-state index in [1.165, 1.54) is 0 Å². The Morgan fingerprint density at radius 2 is 2.19 bits per heavy atom. The molecule has 0 amide bonds. The Bertz CT molecular complexity index is 826. The van der Waals surface area contributed by atoms with Crippen LogP contribution in [0.25, 0.3) is 22.2 Å². The molecule has 0 saturated heterocycles. The Labute approximate surface area is 123 Å². The number of hydrogen-bond acceptors (Lipinski definition) is 3. The van der Waals surface area contributed by atoms with Crippen molar-refractivity contribution in [2.24, 2.45) is 0 Å². The minimum Gasteiger partial charge on any atom is -0.261 e. The van der Waals surface area contributed by atoms with Crippen LogP contribution in [0.15, 0.2) is 36.7 Å². The Balaban J connectivity index is 2.19. The highest BCUT2D eigenvalue weighted by atomic mass is 15.1. The van der Waals surface area contributed by atoms with Gasteiger partial charge in [0.25, 0.3) is 0 Å². The highest BCUT2D eigenvalue weighted by molar-refractivity contribution is 5.92. The van der Waals surface area contributed by atoms with Crippen molar-refractivity contribution in [2.45, 2.75) is 26.2 Å². The van der Waals surface area contributed by atoms with Crippen LogP contribution >= 0.6 is 0 Å². The normalized spacial score (nSPS) is 12.2. The topological polar surface area (TPSA) is 65.4 Å². The van der Waals surface area contributed by atoms with Crippen LogP contribution in [-0.2, 0) is 0 Å². The fourth-order valence-corrected chi connectivity index (χ4v) is 2.67. The lowest BCUT2D eigenvalue weighted by atomic mass is 9.92. The van der Waals surface area contributed by atoms with Gasteiger partial charge in [-0.3, -0.25) is 5.10 Å². The second-order valence-electron chi connectivity index (χ2n) is 5.21. The molecule has 1 atom stereocenters. The molecule has 1 aromatic carbocycles. The number of H-pyrrole nitrogens is 1. The molecule has 3 rings (SSSR count). The predicted molar refractivity (Wildman–Crippen MR) is 82.7 cm³/mol. The molecule has 2 aromatic heterocycles. The quantitative estimate of drug-likeness (QED) is 0.787. The molecule has 0 aliphatic heterocycles. The van der Waals surface area contributed by atoms with Gasteiger partial charge in [-0.05, 0) is 42.2 Å². The maximum Gasteiger partial charge on any atom is 0.155 e. The average molecular weight is 276 g/mol. The summed E-state index contributed by atoms with van der Waals surface area (Å²) < 4.78 is 0. The molecule has 0 fully saturated rings. The first kappa shape index (κ1) is 13.3. The summed E-state index contributed by atoms with van der Waals surface area (Å²) in [7, 11) is 0. The van der Waals surface area contributed by atoms with Crippen LogP contribution in [-0.4, -0.2) is 15.2 Å². The van der Waals surface area contributed by atoms with Crippen LogP contribution in [0.4, 0.5) is 0 Å². The number of aryl methyl sites for hydroxylation is 1. The Kier molecular flexibility index (Phi) is 3.41. The molecule has 4 nitrogen and oxygen atoms in total. The average Bonchev–Trinajstić information content (AvgIpc) is 2.96. The highest BCUT2D eigenvalue weighted by Gasteiger charge is 2.12. The molecule has 3 aromatic rings. The van der Waals surface area contributed by atoms with Crippen LogP contribution in [0.2, 0.25) is 0 Å². The summed E-state index contributed by atoms with van der Waals surface area (Å²) in [6.45, 7) is 4.10. The zero-order valence-corrected chi connectivity index (χ0v) is 12.1. The molecule has 0 saturated carbocycles. The smallest absolute Gasteiger partial charge is 0.155 e. The number of pyridine rings is 1. The van der Waals surface area contributed by atoms with E-state index in [0.29, 0.717) is 0 Å². The third kappa shape index (κ3) is 2.38. The van der Waals surface area contributed by atoms with Crippen LogP contribution in [0.1, 0.15) is 30.4 Å². The highest BCUT2D eigenvalue weighted by Crippen LogP contribution is 2.30. The van der Waals surface area contributed by atoms with Crippen molar-refractivity contribution in [3.05, 3.63) is 47.8 Å². The third-order valence-electron chi connectivity index (χ3n) is 3.73. The van der Waals surface area contributed by atoms with Gasteiger partial charge in [0.05, 0.1) is 18.2 Å². The molecule has 1 N–H and O–H groups in total. The first-order valence-electron chi connectivity index (χ1n) is 7.02. The van der Waals surface area contributed by atoms with Gasteiger partial charge in [0.2, 0.25) is 0 Å². The van der Waals surface area contributed by atoms with Gasteiger partial charge in [0, 0.05) is 11.6 Å². The van der Waals surface area contributed by atoms with E-state index in [-0.39, 0.29) is 5.92 Å². The lowest BCUT2D eigenvalue weighted by Crippen LogP contribution is -1.95. The molecule has 0 aliphatic rings. The van der Waals surface area contributed by atoms with Gasteiger partial charge in [-0.1, -0.05) is 24.6 Å². The summed E-state index contributed by atoms with van der Waals surface area (Å²) in [6.07, 6.45) is 4.39. The van der Waals surface area contributed by atoms with Gasteiger partial charge in [0.1, 0.15) is 0 Å². The molecule has 0 spiro atoms. The Morgan fingerprint density at radius 3 is 2.95 bits per heavy atom. The summed E-state index contributed by atoms with van der Waals surface area (Å²) in [5.74, 6) is -0.0645. The number of fused-ring (bicyclic) bond motifs is 1. The van der Waals surface area contributed by atoms with Crippen molar-refractivity contribution in [2.75, 3.05) is 0 Å². The van der Waals surface area contributed by atoms with Crippen molar-refractivity contribution < 1.29 is 0 Å². The van der Waals surface area contributed by atoms with E-state index >= 15 is 0 Å². The van der Waals surface area contributed by atoms with Gasteiger partial charge >= 0.3 is 0 Å². The van der Waals surface area contributed by atoms with E-state index in [0.717, 1.165) is 39.7 Å². The Morgan fingerprint density at radius 1 is 1.33 bits per heavy atom. The van der Waals surface area contributed by atoms with Crippen LogP contribution in [0, 0.1) is 18.3 Å². The number of nitrogens with zero attached hydrogens (tertiary/aromatic N) is 3. The molecule has 4 heteroatoms. The van der Waals surface area contributed by atoms with Crippen LogP contribution in [0.3, 0.4) is 0 Å². The van der Waals surface area contributed by atoms with Crippen molar-refractivity contribution in [1.82, 2.24) is 15.2 Å². The monoisotopic (exact) mass is 276 g/mol. The summed E-state index contributed by atoms with van der Waals surface area (Å²) in [5, 5.41) is 17.2. The summed E-state index contributed by atoms with van der Waals surface area (Å²) >= 11 is 0. The van der Waals surface area contributed by atoms with E-state index in [2.05, 4.69) is 46.4 Å². The van der Waals surface area contributed by atoms with E-state index in [1.54, 1.807) is 12.4 Å². The lowest BCUT2D eigenvalue weighted by molar-refractivity contribution is 0.817. The van der Waals surface area contributed by atoms with Crippen molar-refractivity contribution in [3.63, 3.8) is 0 Å². The maximum absolute atomic E-state index is 9.30. The minimum absolute atomic E-state index is 0.0645. The number of nitrogens with one attached hydrogen (secondary N) is 1. The van der Waals surface area contributed by atoms with Crippen molar-refractivity contribution >= 4 is 11.0 Å². The summed E-state index contributed by atoms with van der Waals surface area (Å²) in [4.78, 5) is 4.27. The summed E-state index contributed by atoms with van der Waals surface area (Å²) in [5.41, 5.74) is 5.20. The SMILES string of the molecule is CCC(C#N)c1cc(C)cc(-c2ccnc3[nH]ncc23)c1. The molecule has 104 valence electrons. The van der Waals surface area contributed by atoms with E-state index in [1.807, 2.05) is 13.0 Å². The van der Waals surface area contributed by atoms with Crippen LogP contribution in [0.5, 0.6) is 0 Å². The molecule has 0 aliphatic carbocycles. The summed E-state index contributed by atoms with van der Waals surface area (Å²) in [6, 6.07) is 10.7. The van der Waals surface area contributed by atoms with Crippen molar-refractivity contribution in [1.29, 1.82) is 5.26 Å². The van der Waals surface area contributed by atoms with Gasteiger partial charge in [-0.25, -0.2) is 4.98 Å². The van der Waals surface area contributed by atoms with Gasteiger partial charge in [0.15, 0.2) is 5.65 Å². The molecule has 0 bridgehead atoms. The fraction of sp³-hybridized carbons (Fsp3) is 0.235. The van der Waals surface area contributed by atoms with E-state index < -0.39 is 0 Å². The fourth-order valence-electron chi connectivity index (χ4n) is 2.67. The molecular weight excluding hydrogens is 260 g/mol. The van der Waals surface area contributed by atoms with E-state index in [4.69, 9.17) is 0 Å². The Hall–Kier alpha value is -2.67. The van der Waals surface area contributed by atoms with Crippen molar-refractivity contribution in [3.8, 4) is 17.2 Å². The second kappa shape index (κ2) is 5.37. The zero-order chi connectivity index (χ0) is 14.8. The number of aromatic amines is 1. The number of aromatic nitrogens is 3. The van der Waals surface area contributed by atoms with Gasteiger partial charge in [-0.15, -0.1) is 0 Å². The van der Waals surface area contributed by atoms with Gasteiger partial charge < -0.3 is 0 Å². The second-order valence-corrected chi connectivity index (χ2v) is 5.21. The third-order valence-corrected chi connectivity index (χ3v) is 3.73. The number of benzene rings is 1. The predicted octanol–water partition coefficient (Wildman–Crippen LogP) is 3.95. The minimum atomic E-state index is -0.0645. The zero-order valence-electron chi connectivity index (χ0n) is 12.1. The van der Waals surface area contributed by atoms with E-state index in [9.17, 15) is 5.26 Å².